The molecule has 1 aromatic carbocycles. The van der Waals surface area contributed by atoms with Gasteiger partial charge in [-0.15, -0.1) is 0 Å². The minimum Gasteiger partial charge on any atom is -0.421 e. The van der Waals surface area contributed by atoms with Crippen molar-refractivity contribution in [3.05, 3.63) is 33.5 Å². The third kappa shape index (κ3) is 2.82. The van der Waals surface area contributed by atoms with Gasteiger partial charge in [0.15, 0.2) is 11.6 Å². The van der Waals surface area contributed by atoms with E-state index >= 15 is 0 Å². The maximum Gasteiger partial charge on any atom is 0.328 e. The maximum absolute atomic E-state index is 13.4. The summed E-state index contributed by atoms with van der Waals surface area (Å²) in [5, 5.41) is -0.214. The van der Waals surface area contributed by atoms with Crippen LogP contribution in [0.1, 0.15) is 0 Å². The molecule has 0 radical (unpaired) electrons. The van der Waals surface area contributed by atoms with E-state index in [1.165, 1.54) is 6.07 Å². The molecule has 1 heterocycles. The normalized spacial score (nSPS) is 10.4. The van der Waals surface area contributed by atoms with E-state index in [0.29, 0.717) is 4.47 Å². The molecule has 0 atom stereocenters. The van der Waals surface area contributed by atoms with Crippen molar-refractivity contribution < 1.29 is 13.5 Å². The van der Waals surface area contributed by atoms with Gasteiger partial charge in [-0.25, -0.2) is 4.39 Å². The highest BCUT2D eigenvalue weighted by Gasteiger charge is 2.14. The molecule has 5 nitrogen and oxygen atoms in total. The number of anilines is 1. The number of nitrogens with zero attached hydrogens (tertiary/aromatic N) is 3. The Morgan fingerprint density at radius 2 is 1.94 bits per heavy atom. The van der Waals surface area contributed by atoms with Gasteiger partial charge in [-0.2, -0.15) is 19.3 Å². The van der Waals surface area contributed by atoms with Crippen molar-refractivity contribution in [1.82, 2.24) is 15.0 Å². The number of ether oxygens (including phenoxy) is 1. The quantitative estimate of drug-likeness (QED) is 0.853. The first-order chi connectivity index (χ1) is 8.45. The molecule has 0 saturated carbocycles. The van der Waals surface area contributed by atoms with Gasteiger partial charge >= 0.3 is 6.01 Å². The molecule has 94 valence electrons. The van der Waals surface area contributed by atoms with Gasteiger partial charge in [-0.05, 0) is 23.7 Å². The average molecular weight is 338 g/mol. The molecule has 0 amide bonds. The maximum atomic E-state index is 13.4. The van der Waals surface area contributed by atoms with Crippen LogP contribution in [0.3, 0.4) is 0 Å². The van der Waals surface area contributed by atoms with E-state index in [4.69, 9.17) is 22.1 Å². The Balaban J connectivity index is 2.39. The van der Waals surface area contributed by atoms with Gasteiger partial charge in [-0.3, -0.25) is 0 Å². The number of hydrogen-bond donors (Lipinski definition) is 1. The van der Waals surface area contributed by atoms with Crippen molar-refractivity contribution in [3.63, 3.8) is 0 Å². The average Bonchev–Trinajstić information content (AvgIpc) is 2.23. The van der Waals surface area contributed by atoms with Gasteiger partial charge in [0, 0.05) is 4.47 Å². The van der Waals surface area contributed by atoms with Gasteiger partial charge in [0.2, 0.25) is 17.0 Å². The molecule has 0 saturated heterocycles. The summed E-state index contributed by atoms with van der Waals surface area (Å²) in [5.41, 5.74) is 5.31. The number of nitrogen functional groups attached to an aromatic ring is 1. The number of benzene rings is 1. The van der Waals surface area contributed by atoms with Gasteiger partial charge in [0.05, 0.1) is 0 Å². The summed E-state index contributed by atoms with van der Waals surface area (Å²) in [6.07, 6.45) is 0. The van der Waals surface area contributed by atoms with E-state index in [1.54, 1.807) is 0 Å². The molecule has 0 spiro atoms. The molecule has 1 aromatic heterocycles. The minimum atomic E-state index is -1.17. The fourth-order valence-electron chi connectivity index (χ4n) is 1.10. The highest BCUT2D eigenvalue weighted by atomic mass is 79.9. The van der Waals surface area contributed by atoms with Crippen LogP contribution in [0.15, 0.2) is 16.6 Å². The van der Waals surface area contributed by atoms with Crippen LogP contribution >= 0.6 is 27.5 Å². The van der Waals surface area contributed by atoms with Crippen LogP contribution in [-0.2, 0) is 0 Å². The van der Waals surface area contributed by atoms with Crippen LogP contribution in [0.25, 0.3) is 0 Å². The lowest BCUT2D eigenvalue weighted by atomic mass is 10.3. The second kappa shape index (κ2) is 4.99. The number of rotatable bonds is 2. The fourth-order valence-corrected chi connectivity index (χ4v) is 1.66. The highest BCUT2D eigenvalue weighted by Crippen LogP contribution is 2.28. The third-order valence-corrected chi connectivity index (χ3v) is 2.39. The number of hydrogen-bond acceptors (Lipinski definition) is 5. The zero-order valence-electron chi connectivity index (χ0n) is 8.49. The van der Waals surface area contributed by atoms with Crippen LogP contribution in [0, 0.1) is 11.6 Å². The van der Waals surface area contributed by atoms with Crippen LogP contribution in [0.2, 0.25) is 5.28 Å². The number of aromatic nitrogens is 3. The van der Waals surface area contributed by atoms with Gasteiger partial charge < -0.3 is 10.5 Å². The molecular weight excluding hydrogens is 333 g/mol. The first-order valence-electron chi connectivity index (χ1n) is 4.45. The summed E-state index contributed by atoms with van der Waals surface area (Å²) < 4.78 is 31.8. The van der Waals surface area contributed by atoms with Crippen molar-refractivity contribution >= 4 is 33.5 Å². The third-order valence-electron chi connectivity index (χ3n) is 1.77. The van der Waals surface area contributed by atoms with Crippen molar-refractivity contribution in [3.8, 4) is 11.8 Å². The lowest BCUT2D eigenvalue weighted by Gasteiger charge is -2.06. The molecule has 18 heavy (non-hydrogen) atoms. The second-order valence-electron chi connectivity index (χ2n) is 3.05. The van der Waals surface area contributed by atoms with E-state index in [-0.39, 0.29) is 17.2 Å². The fraction of sp³-hybridized carbons (Fsp3) is 0. The summed E-state index contributed by atoms with van der Waals surface area (Å²) in [6, 6.07) is 1.84. The zero-order chi connectivity index (χ0) is 13.3. The first kappa shape index (κ1) is 12.9. The largest absolute Gasteiger partial charge is 0.421 e. The lowest BCUT2D eigenvalue weighted by molar-refractivity contribution is 0.392. The Kier molecular flexibility index (Phi) is 3.58. The van der Waals surface area contributed by atoms with Gasteiger partial charge in [0.1, 0.15) is 0 Å². The summed E-state index contributed by atoms with van der Waals surface area (Å²) in [5.74, 6) is -2.84. The topological polar surface area (TPSA) is 73.9 Å². The molecular formula is C9H4BrClF2N4O. The second-order valence-corrected chi connectivity index (χ2v) is 4.30. The Hall–Kier alpha value is -1.54. The smallest absolute Gasteiger partial charge is 0.328 e. The van der Waals surface area contributed by atoms with Crippen molar-refractivity contribution in [2.75, 3.05) is 5.73 Å². The summed E-state index contributed by atoms with van der Waals surface area (Å²) >= 11 is 8.52. The number of nitrogens with two attached hydrogens (primary N) is 1. The summed E-state index contributed by atoms with van der Waals surface area (Å²) in [4.78, 5) is 10.6. The monoisotopic (exact) mass is 336 g/mol. The lowest BCUT2D eigenvalue weighted by Crippen LogP contribution is -2.01. The molecule has 0 unspecified atom stereocenters. The summed E-state index contributed by atoms with van der Waals surface area (Å²) in [6.45, 7) is 0. The predicted molar refractivity (Wildman–Crippen MR) is 63.4 cm³/mol. The van der Waals surface area contributed by atoms with Crippen LogP contribution in [-0.4, -0.2) is 15.0 Å². The predicted octanol–water partition coefficient (Wildman–Crippen LogP) is 2.94. The van der Waals surface area contributed by atoms with Gasteiger partial charge in [0.25, 0.3) is 0 Å². The molecule has 0 aliphatic rings. The van der Waals surface area contributed by atoms with Gasteiger partial charge in [-0.1, -0.05) is 15.9 Å². The van der Waals surface area contributed by atoms with E-state index in [9.17, 15) is 8.78 Å². The van der Waals surface area contributed by atoms with Crippen LogP contribution in [0.5, 0.6) is 11.8 Å². The Bertz CT molecular complexity index is 593. The SMILES string of the molecule is Nc1nc(Cl)nc(Oc2cc(Br)cc(F)c2F)n1. The molecule has 9 heteroatoms. The Labute approximate surface area is 113 Å². The molecule has 0 aliphatic heterocycles. The van der Waals surface area contributed by atoms with Crippen molar-refractivity contribution in [1.29, 1.82) is 0 Å². The van der Waals surface area contributed by atoms with E-state index in [2.05, 4.69) is 30.9 Å². The molecule has 0 aliphatic carbocycles. The molecule has 2 aromatic rings. The highest BCUT2D eigenvalue weighted by molar-refractivity contribution is 9.10. The Morgan fingerprint density at radius 1 is 1.22 bits per heavy atom. The first-order valence-corrected chi connectivity index (χ1v) is 5.62. The molecule has 2 N–H and O–H groups in total. The van der Waals surface area contributed by atoms with Crippen molar-refractivity contribution in [2.45, 2.75) is 0 Å². The van der Waals surface area contributed by atoms with E-state index < -0.39 is 17.4 Å². The standard InChI is InChI=1S/C9H4BrClF2N4O/c10-3-1-4(12)6(13)5(2-3)18-9-16-7(11)15-8(14)17-9/h1-2H,(H2,14,15,16,17). The summed E-state index contributed by atoms with van der Waals surface area (Å²) in [7, 11) is 0. The molecule has 0 bridgehead atoms. The molecule has 0 fully saturated rings. The van der Waals surface area contributed by atoms with E-state index in [1.807, 2.05) is 0 Å². The van der Waals surface area contributed by atoms with E-state index in [0.717, 1.165) is 6.07 Å². The van der Waals surface area contributed by atoms with Crippen LogP contribution in [0.4, 0.5) is 14.7 Å². The Morgan fingerprint density at radius 3 is 2.61 bits per heavy atom. The zero-order valence-corrected chi connectivity index (χ0v) is 10.8. The molecule has 2 rings (SSSR count). The minimum absolute atomic E-state index is 0.194. The van der Waals surface area contributed by atoms with Crippen molar-refractivity contribution in [2.24, 2.45) is 0 Å². The van der Waals surface area contributed by atoms with Crippen LogP contribution < -0.4 is 10.5 Å². The number of halogens is 4.